The minimum atomic E-state index is -0.135. The molecule has 0 rings (SSSR count). The van der Waals surface area contributed by atoms with Crippen molar-refractivity contribution in [3.05, 3.63) is 0 Å². The maximum Gasteiger partial charge on any atom is 0.302 e. The predicted octanol–water partition coefficient (Wildman–Crippen LogP) is 8.37. The van der Waals surface area contributed by atoms with Crippen LogP contribution in [0.4, 0.5) is 0 Å². The Kier molecular flexibility index (Phi) is 20.4. The van der Waals surface area contributed by atoms with E-state index in [0.29, 0.717) is 0 Å². The molecule has 0 aliphatic rings. The van der Waals surface area contributed by atoms with Crippen LogP contribution in [-0.2, 0) is 9.53 Å². The van der Waals surface area contributed by atoms with Crippen molar-refractivity contribution in [2.45, 2.75) is 149 Å². The molecule has 0 aromatic rings. The van der Waals surface area contributed by atoms with Crippen molar-refractivity contribution in [3.63, 3.8) is 0 Å². The standard InChI is InChI=1S/C24H48O2/c1-4-6-7-8-9-10-11-12-13-14-15-16-17-18-19-20-21-22-24(5-2)26-23(3)25/h24H,4-22H2,1-3H3. The minimum Gasteiger partial charge on any atom is -0.463 e. The van der Waals surface area contributed by atoms with E-state index in [-0.39, 0.29) is 12.1 Å². The molecular formula is C24H48O2. The van der Waals surface area contributed by atoms with Gasteiger partial charge in [-0.1, -0.05) is 117 Å². The van der Waals surface area contributed by atoms with Crippen LogP contribution in [0.25, 0.3) is 0 Å². The Balaban J connectivity index is 3.14. The lowest BCUT2D eigenvalue weighted by Gasteiger charge is -2.14. The maximum absolute atomic E-state index is 11.0. The number of esters is 1. The summed E-state index contributed by atoms with van der Waals surface area (Å²) in [6.07, 6.45) is 26.0. The molecule has 0 heterocycles. The molecule has 0 amide bonds. The second-order valence-corrected chi connectivity index (χ2v) is 8.09. The number of rotatable bonds is 20. The van der Waals surface area contributed by atoms with Crippen LogP contribution in [0.15, 0.2) is 0 Å². The smallest absolute Gasteiger partial charge is 0.302 e. The first-order chi connectivity index (χ1) is 12.7. The summed E-state index contributed by atoms with van der Waals surface area (Å²) in [5, 5.41) is 0. The molecule has 0 fully saturated rings. The third-order valence-corrected chi connectivity index (χ3v) is 5.42. The summed E-state index contributed by atoms with van der Waals surface area (Å²) in [5.41, 5.74) is 0. The van der Waals surface area contributed by atoms with Crippen molar-refractivity contribution in [2.24, 2.45) is 0 Å². The third-order valence-electron chi connectivity index (χ3n) is 5.42. The quantitative estimate of drug-likeness (QED) is 0.159. The third kappa shape index (κ3) is 19.8. The molecule has 2 nitrogen and oxygen atoms in total. The molecule has 0 saturated carbocycles. The van der Waals surface area contributed by atoms with Gasteiger partial charge in [0.2, 0.25) is 0 Å². The summed E-state index contributed by atoms with van der Waals surface area (Å²) in [4.78, 5) is 11.0. The van der Waals surface area contributed by atoms with Crippen LogP contribution in [0.5, 0.6) is 0 Å². The zero-order valence-electron chi connectivity index (χ0n) is 18.3. The fourth-order valence-electron chi connectivity index (χ4n) is 3.68. The predicted molar refractivity (Wildman–Crippen MR) is 115 cm³/mol. The molecule has 156 valence electrons. The molecule has 0 bridgehead atoms. The van der Waals surface area contributed by atoms with E-state index < -0.39 is 0 Å². The molecule has 1 atom stereocenters. The van der Waals surface area contributed by atoms with Crippen molar-refractivity contribution >= 4 is 5.97 Å². The molecule has 0 aromatic heterocycles. The van der Waals surface area contributed by atoms with Gasteiger partial charge in [-0.3, -0.25) is 4.79 Å². The molecule has 0 N–H and O–H groups in total. The van der Waals surface area contributed by atoms with E-state index in [4.69, 9.17) is 4.74 Å². The Labute approximate surface area is 164 Å². The van der Waals surface area contributed by atoms with E-state index in [0.717, 1.165) is 12.8 Å². The monoisotopic (exact) mass is 368 g/mol. The number of hydrogen-bond donors (Lipinski definition) is 0. The number of unbranched alkanes of at least 4 members (excludes halogenated alkanes) is 16. The zero-order valence-corrected chi connectivity index (χ0v) is 18.3. The Morgan fingerprint density at radius 1 is 0.615 bits per heavy atom. The lowest BCUT2D eigenvalue weighted by atomic mass is 10.0. The molecule has 26 heavy (non-hydrogen) atoms. The molecule has 0 spiro atoms. The number of carbonyl (C=O) groups excluding carboxylic acids is 1. The highest BCUT2D eigenvalue weighted by molar-refractivity contribution is 5.66. The van der Waals surface area contributed by atoms with Crippen molar-refractivity contribution in [1.82, 2.24) is 0 Å². The Morgan fingerprint density at radius 2 is 0.962 bits per heavy atom. The highest BCUT2D eigenvalue weighted by Crippen LogP contribution is 2.15. The van der Waals surface area contributed by atoms with Gasteiger partial charge in [-0.15, -0.1) is 0 Å². The molecule has 0 aromatic carbocycles. The Hall–Kier alpha value is -0.530. The van der Waals surface area contributed by atoms with Gasteiger partial charge in [0.15, 0.2) is 0 Å². The summed E-state index contributed by atoms with van der Waals surface area (Å²) < 4.78 is 5.29. The highest BCUT2D eigenvalue weighted by Gasteiger charge is 2.08. The van der Waals surface area contributed by atoms with E-state index in [2.05, 4.69) is 13.8 Å². The van der Waals surface area contributed by atoms with Crippen LogP contribution >= 0.6 is 0 Å². The van der Waals surface area contributed by atoms with Crippen molar-refractivity contribution in [1.29, 1.82) is 0 Å². The molecule has 0 radical (unpaired) electrons. The fourth-order valence-corrected chi connectivity index (χ4v) is 3.68. The summed E-state index contributed by atoms with van der Waals surface area (Å²) in [6.45, 7) is 5.90. The number of hydrogen-bond acceptors (Lipinski definition) is 2. The second-order valence-electron chi connectivity index (χ2n) is 8.09. The van der Waals surface area contributed by atoms with Crippen LogP contribution < -0.4 is 0 Å². The second kappa shape index (κ2) is 20.8. The molecule has 0 saturated heterocycles. The van der Waals surface area contributed by atoms with Crippen molar-refractivity contribution < 1.29 is 9.53 Å². The van der Waals surface area contributed by atoms with E-state index >= 15 is 0 Å². The Morgan fingerprint density at radius 3 is 1.27 bits per heavy atom. The van der Waals surface area contributed by atoms with Crippen LogP contribution in [0.1, 0.15) is 143 Å². The van der Waals surface area contributed by atoms with Crippen molar-refractivity contribution in [3.8, 4) is 0 Å². The largest absolute Gasteiger partial charge is 0.463 e. The molecule has 0 aliphatic carbocycles. The van der Waals surface area contributed by atoms with Gasteiger partial charge in [0.1, 0.15) is 6.10 Å². The van der Waals surface area contributed by atoms with E-state index in [1.807, 2.05) is 0 Å². The van der Waals surface area contributed by atoms with Gasteiger partial charge in [-0.25, -0.2) is 0 Å². The SMILES string of the molecule is CCCCCCCCCCCCCCCCCCCC(CC)OC(C)=O. The minimum absolute atomic E-state index is 0.135. The van der Waals surface area contributed by atoms with Gasteiger partial charge >= 0.3 is 5.97 Å². The van der Waals surface area contributed by atoms with Crippen LogP contribution in [0.2, 0.25) is 0 Å². The lowest BCUT2D eigenvalue weighted by Crippen LogP contribution is -2.14. The van der Waals surface area contributed by atoms with Gasteiger partial charge in [0.25, 0.3) is 0 Å². The van der Waals surface area contributed by atoms with Gasteiger partial charge in [-0.2, -0.15) is 0 Å². The van der Waals surface area contributed by atoms with Gasteiger partial charge < -0.3 is 4.74 Å². The average Bonchev–Trinajstić information content (AvgIpc) is 2.63. The maximum atomic E-state index is 11.0. The molecule has 0 aliphatic heterocycles. The van der Waals surface area contributed by atoms with Crippen LogP contribution in [0, 0.1) is 0 Å². The van der Waals surface area contributed by atoms with Gasteiger partial charge in [0.05, 0.1) is 0 Å². The van der Waals surface area contributed by atoms with E-state index in [9.17, 15) is 4.79 Å². The molecular weight excluding hydrogens is 320 g/mol. The highest BCUT2D eigenvalue weighted by atomic mass is 16.5. The van der Waals surface area contributed by atoms with Crippen molar-refractivity contribution in [2.75, 3.05) is 0 Å². The van der Waals surface area contributed by atoms with Crippen LogP contribution in [-0.4, -0.2) is 12.1 Å². The number of carbonyl (C=O) groups is 1. The molecule has 1 unspecified atom stereocenters. The summed E-state index contributed by atoms with van der Waals surface area (Å²) in [7, 11) is 0. The zero-order chi connectivity index (χ0) is 19.3. The number of ether oxygens (including phenoxy) is 1. The summed E-state index contributed by atoms with van der Waals surface area (Å²) >= 11 is 0. The Bertz CT molecular complexity index is 288. The first-order valence-electron chi connectivity index (χ1n) is 11.9. The fraction of sp³-hybridized carbons (Fsp3) is 0.958. The first kappa shape index (κ1) is 25.5. The average molecular weight is 369 g/mol. The van der Waals surface area contributed by atoms with Crippen LogP contribution in [0.3, 0.4) is 0 Å². The van der Waals surface area contributed by atoms with E-state index in [1.165, 1.54) is 116 Å². The lowest BCUT2D eigenvalue weighted by molar-refractivity contribution is -0.146. The molecule has 2 heteroatoms. The summed E-state index contributed by atoms with van der Waals surface area (Å²) in [6, 6.07) is 0. The van der Waals surface area contributed by atoms with Gasteiger partial charge in [-0.05, 0) is 19.3 Å². The first-order valence-corrected chi connectivity index (χ1v) is 11.9. The van der Waals surface area contributed by atoms with Gasteiger partial charge in [0, 0.05) is 6.92 Å². The summed E-state index contributed by atoms with van der Waals surface area (Å²) in [5.74, 6) is -0.135. The topological polar surface area (TPSA) is 26.3 Å². The normalized spacial score (nSPS) is 12.3. The van der Waals surface area contributed by atoms with E-state index in [1.54, 1.807) is 0 Å².